The summed E-state index contributed by atoms with van der Waals surface area (Å²) in [5.74, 6) is -3.92. The molecule has 4 amide bonds. The zero-order chi connectivity index (χ0) is 28.9. The number of anilines is 3. The Morgan fingerprint density at radius 2 is 1.80 bits per heavy atom. The van der Waals surface area contributed by atoms with E-state index in [2.05, 4.69) is 16.0 Å². The Labute approximate surface area is 227 Å². The second-order valence-electron chi connectivity index (χ2n) is 9.05. The van der Waals surface area contributed by atoms with Crippen molar-refractivity contribution in [1.29, 1.82) is 0 Å². The first-order valence-corrected chi connectivity index (χ1v) is 12.1. The van der Waals surface area contributed by atoms with Gasteiger partial charge in [0.25, 0.3) is 5.91 Å². The average molecular weight is 581 g/mol. The minimum absolute atomic E-state index is 0.0711. The van der Waals surface area contributed by atoms with E-state index in [0.29, 0.717) is 17.7 Å². The Balaban J connectivity index is 1.70. The van der Waals surface area contributed by atoms with Crippen molar-refractivity contribution in [2.45, 2.75) is 18.6 Å². The molecule has 1 atom stereocenters. The summed E-state index contributed by atoms with van der Waals surface area (Å²) in [7, 11) is 0. The van der Waals surface area contributed by atoms with E-state index in [1.165, 1.54) is 17.0 Å². The summed E-state index contributed by atoms with van der Waals surface area (Å²) in [6.07, 6.45) is -4.67. The first-order valence-electron chi connectivity index (χ1n) is 11.7. The van der Waals surface area contributed by atoms with Gasteiger partial charge in [-0.15, -0.1) is 0 Å². The van der Waals surface area contributed by atoms with Gasteiger partial charge in [-0.05, 0) is 48.9 Å². The molecule has 0 saturated heterocycles. The lowest BCUT2D eigenvalue weighted by Crippen LogP contribution is -2.46. The van der Waals surface area contributed by atoms with Crippen LogP contribution in [0.1, 0.15) is 38.7 Å². The number of alkyl halides is 3. The van der Waals surface area contributed by atoms with Gasteiger partial charge in [-0.3, -0.25) is 14.5 Å². The highest BCUT2D eigenvalue weighted by molar-refractivity contribution is 6.31. The molecule has 0 spiro atoms. The lowest BCUT2D eigenvalue weighted by molar-refractivity contribution is -0.137. The molecule has 0 aromatic heterocycles. The van der Waals surface area contributed by atoms with Gasteiger partial charge in [-0.2, -0.15) is 13.2 Å². The molecule has 208 valence electrons. The molecule has 8 nitrogen and oxygen atoms in total. The van der Waals surface area contributed by atoms with Crippen LogP contribution in [0.2, 0.25) is 5.02 Å². The summed E-state index contributed by atoms with van der Waals surface area (Å²) in [5.41, 5.74) is -0.956. The third-order valence-electron chi connectivity index (χ3n) is 6.52. The standard InChI is InChI=1S/C26H18ClF5N4O4/c27-17-2-1-13(28)8-16(17)22-21-19(34-24(39)11-5-12(26(30,31)32)7-14(29)6-11)9-18(33-20(38)10-37)15-3-4-36(23(15)21)25(40)35-22/h1-2,5-9,22,37H,3-4,10H2,(H,33,38)(H,34,39)(H,35,40). The van der Waals surface area contributed by atoms with Crippen LogP contribution >= 0.6 is 11.6 Å². The van der Waals surface area contributed by atoms with Crippen molar-refractivity contribution in [2.24, 2.45) is 0 Å². The van der Waals surface area contributed by atoms with Crippen molar-refractivity contribution in [3.8, 4) is 0 Å². The molecule has 5 rings (SSSR count). The zero-order valence-corrected chi connectivity index (χ0v) is 20.9. The molecule has 3 aromatic rings. The first-order chi connectivity index (χ1) is 18.9. The average Bonchev–Trinajstić information content (AvgIpc) is 3.34. The third-order valence-corrected chi connectivity index (χ3v) is 6.87. The van der Waals surface area contributed by atoms with Crippen LogP contribution in [0.5, 0.6) is 0 Å². The molecule has 2 heterocycles. The Hall–Kier alpha value is -4.23. The molecule has 40 heavy (non-hydrogen) atoms. The van der Waals surface area contributed by atoms with Crippen molar-refractivity contribution in [2.75, 3.05) is 28.7 Å². The van der Waals surface area contributed by atoms with E-state index in [1.807, 2.05) is 0 Å². The number of hydrogen-bond acceptors (Lipinski definition) is 4. The van der Waals surface area contributed by atoms with Gasteiger partial charge in [0.2, 0.25) is 5.91 Å². The second kappa shape index (κ2) is 10.1. The highest BCUT2D eigenvalue weighted by Gasteiger charge is 2.41. The van der Waals surface area contributed by atoms with Crippen molar-refractivity contribution >= 4 is 46.5 Å². The van der Waals surface area contributed by atoms with Crippen LogP contribution in [0, 0.1) is 11.6 Å². The molecule has 3 aromatic carbocycles. The number of halogens is 6. The number of carbonyl (C=O) groups excluding carboxylic acids is 3. The minimum atomic E-state index is -4.93. The Morgan fingerprint density at radius 1 is 1.05 bits per heavy atom. The molecule has 2 aliphatic rings. The zero-order valence-electron chi connectivity index (χ0n) is 20.1. The molecule has 0 aliphatic carbocycles. The molecular formula is C26H18ClF5N4O4. The normalized spacial score (nSPS) is 15.9. The second-order valence-corrected chi connectivity index (χ2v) is 9.46. The molecular weight excluding hydrogens is 563 g/mol. The highest BCUT2D eigenvalue weighted by Crippen LogP contribution is 2.49. The minimum Gasteiger partial charge on any atom is -0.387 e. The smallest absolute Gasteiger partial charge is 0.387 e. The molecule has 14 heteroatoms. The van der Waals surface area contributed by atoms with Crippen molar-refractivity contribution in [3.63, 3.8) is 0 Å². The van der Waals surface area contributed by atoms with Gasteiger partial charge in [0.1, 0.15) is 18.2 Å². The van der Waals surface area contributed by atoms with Crippen molar-refractivity contribution in [1.82, 2.24) is 5.32 Å². The maximum atomic E-state index is 14.2. The quantitative estimate of drug-likeness (QED) is 0.319. The molecule has 4 N–H and O–H groups in total. The number of hydrogen-bond donors (Lipinski definition) is 4. The van der Waals surface area contributed by atoms with Crippen LogP contribution in [-0.4, -0.2) is 36.1 Å². The molecule has 2 aliphatic heterocycles. The molecule has 0 saturated carbocycles. The number of urea groups is 1. The van der Waals surface area contributed by atoms with Crippen LogP contribution in [0.25, 0.3) is 0 Å². The third kappa shape index (κ3) is 4.93. The van der Waals surface area contributed by atoms with Crippen LogP contribution in [0.3, 0.4) is 0 Å². The number of nitrogens with zero attached hydrogens (tertiary/aromatic N) is 1. The van der Waals surface area contributed by atoms with Gasteiger partial charge in [0.05, 0.1) is 23.0 Å². The summed E-state index contributed by atoms with van der Waals surface area (Å²) in [4.78, 5) is 39.6. The lowest BCUT2D eigenvalue weighted by atomic mass is 9.90. The van der Waals surface area contributed by atoms with E-state index in [1.54, 1.807) is 0 Å². The largest absolute Gasteiger partial charge is 0.416 e. The molecule has 1 unspecified atom stereocenters. The maximum absolute atomic E-state index is 14.2. The van der Waals surface area contributed by atoms with Crippen LogP contribution in [0.4, 0.5) is 43.8 Å². The van der Waals surface area contributed by atoms with Crippen LogP contribution < -0.4 is 20.9 Å². The summed E-state index contributed by atoms with van der Waals surface area (Å²) in [6, 6.07) is 4.37. The number of carbonyl (C=O) groups is 3. The van der Waals surface area contributed by atoms with Crippen LogP contribution in [-0.2, 0) is 17.4 Å². The number of amides is 4. The van der Waals surface area contributed by atoms with E-state index >= 15 is 0 Å². The Kier molecular flexibility index (Phi) is 6.88. The summed E-state index contributed by atoms with van der Waals surface area (Å²) in [5, 5.41) is 16.9. The van der Waals surface area contributed by atoms with E-state index in [-0.39, 0.29) is 52.2 Å². The van der Waals surface area contributed by atoms with Crippen molar-refractivity contribution in [3.05, 3.63) is 86.9 Å². The first kappa shape index (κ1) is 27.3. The van der Waals surface area contributed by atoms with Crippen molar-refractivity contribution < 1.29 is 41.4 Å². The maximum Gasteiger partial charge on any atom is 0.416 e. The number of aliphatic hydroxyl groups excluding tert-OH is 1. The van der Waals surface area contributed by atoms with Gasteiger partial charge in [0, 0.05) is 39.5 Å². The SMILES string of the molecule is O=C(CO)Nc1cc(NC(=O)c2cc(F)cc(C(F)(F)F)c2)c2c3c1CCN3C(=O)NC2c1cc(F)ccc1Cl. The predicted molar refractivity (Wildman–Crippen MR) is 134 cm³/mol. The predicted octanol–water partition coefficient (Wildman–Crippen LogP) is 5.00. The van der Waals surface area contributed by atoms with Gasteiger partial charge >= 0.3 is 12.2 Å². The summed E-state index contributed by atoms with van der Waals surface area (Å²) in [6.45, 7) is -0.719. The lowest BCUT2D eigenvalue weighted by Gasteiger charge is -2.35. The fraction of sp³-hybridized carbons (Fsp3) is 0.192. The Bertz CT molecular complexity index is 1580. The van der Waals surface area contributed by atoms with Gasteiger partial charge in [0.15, 0.2) is 0 Å². The number of nitrogens with one attached hydrogen (secondary N) is 3. The number of aliphatic hydroxyl groups is 1. The number of rotatable bonds is 5. The summed E-state index contributed by atoms with van der Waals surface area (Å²) < 4.78 is 68.1. The molecule has 0 fully saturated rings. The monoisotopic (exact) mass is 580 g/mol. The van der Waals surface area contributed by atoms with E-state index < -0.39 is 59.4 Å². The molecule has 0 bridgehead atoms. The highest BCUT2D eigenvalue weighted by atomic mass is 35.5. The van der Waals surface area contributed by atoms with Gasteiger partial charge in [-0.25, -0.2) is 13.6 Å². The fourth-order valence-corrected chi connectivity index (χ4v) is 5.07. The van der Waals surface area contributed by atoms with E-state index in [0.717, 1.165) is 12.1 Å². The van der Waals surface area contributed by atoms with E-state index in [4.69, 9.17) is 11.6 Å². The van der Waals surface area contributed by atoms with E-state index in [9.17, 15) is 41.4 Å². The Morgan fingerprint density at radius 3 is 2.50 bits per heavy atom. The fourth-order valence-electron chi connectivity index (χ4n) is 4.85. The van der Waals surface area contributed by atoms with Gasteiger partial charge in [-0.1, -0.05) is 11.6 Å². The molecule has 0 radical (unpaired) electrons. The summed E-state index contributed by atoms with van der Waals surface area (Å²) >= 11 is 6.33. The van der Waals surface area contributed by atoms with Crippen LogP contribution in [0.15, 0.2) is 42.5 Å². The van der Waals surface area contributed by atoms with Gasteiger partial charge < -0.3 is 21.1 Å². The number of benzene rings is 3. The topological polar surface area (TPSA) is 111 Å².